The summed E-state index contributed by atoms with van der Waals surface area (Å²) in [6, 6.07) is 0.165. The van der Waals surface area contributed by atoms with Crippen LogP contribution in [0.25, 0.3) is 0 Å². The minimum Gasteiger partial charge on any atom is -0.493 e. The summed E-state index contributed by atoms with van der Waals surface area (Å²) in [5, 5.41) is 11.0. The summed E-state index contributed by atoms with van der Waals surface area (Å²) in [5.41, 5.74) is 2.14. The molecule has 1 atom stereocenters. The van der Waals surface area contributed by atoms with Crippen molar-refractivity contribution in [1.82, 2.24) is 20.1 Å². The molecule has 2 aromatic rings. The molecule has 0 fully saturated rings. The van der Waals surface area contributed by atoms with Crippen molar-refractivity contribution in [2.24, 2.45) is 7.05 Å². The maximum Gasteiger partial charge on any atom is 0.161 e. The van der Waals surface area contributed by atoms with Crippen LogP contribution in [-0.2, 0) is 13.5 Å². The zero-order chi connectivity index (χ0) is 13.8. The largest absolute Gasteiger partial charge is 0.493 e. The maximum atomic E-state index is 5.40. The molecular weight excluding hydrogens is 260 g/mol. The number of hydrogen-bond donors (Lipinski definition) is 1. The van der Waals surface area contributed by atoms with E-state index >= 15 is 0 Å². The molecule has 0 saturated carbocycles. The topological polar surface area (TPSA) is 52.0 Å². The van der Waals surface area contributed by atoms with Crippen molar-refractivity contribution in [2.75, 3.05) is 13.7 Å². The van der Waals surface area contributed by atoms with Crippen LogP contribution >= 0.6 is 11.3 Å². The number of nitrogens with zero attached hydrogens (tertiary/aromatic N) is 3. The van der Waals surface area contributed by atoms with Crippen molar-refractivity contribution in [3.8, 4) is 5.75 Å². The van der Waals surface area contributed by atoms with Gasteiger partial charge in [-0.05, 0) is 13.5 Å². The van der Waals surface area contributed by atoms with Gasteiger partial charge in [0.2, 0.25) is 0 Å². The van der Waals surface area contributed by atoms with Gasteiger partial charge in [-0.3, -0.25) is 4.68 Å². The number of rotatable bonds is 6. The Morgan fingerprint density at radius 3 is 2.89 bits per heavy atom. The first kappa shape index (κ1) is 14.0. The summed E-state index contributed by atoms with van der Waals surface area (Å²) in [6.07, 6.45) is 2.61. The molecule has 104 valence electrons. The van der Waals surface area contributed by atoms with Crippen molar-refractivity contribution in [2.45, 2.75) is 26.3 Å². The third-order valence-corrected chi connectivity index (χ3v) is 3.98. The van der Waals surface area contributed by atoms with E-state index in [4.69, 9.17) is 4.74 Å². The fourth-order valence-corrected chi connectivity index (χ4v) is 2.98. The molecule has 2 heterocycles. The van der Waals surface area contributed by atoms with Gasteiger partial charge in [-0.25, -0.2) is 4.98 Å². The lowest BCUT2D eigenvalue weighted by Crippen LogP contribution is -2.25. The normalized spacial score (nSPS) is 12.6. The molecule has 19 heavy (non-hydrogen) atoms. The predicted octanol–water partition coefficient (Wildman–Crippen LogP) is 2.09. The van der Waals surface area contributed by atoms with Crippen LogP contribution in [-0.4, -0.2) is 28.4 Å². The molecule has 6 heteroatoms. The molecule has 0 aliphatic heterocycles. The Labute approximate surface area is 117 Å². The van der Waals surface area contributed by atoms with E-state index in [1.807, 2.05) is 18.7 Å². The van der Waals surface area contributed by atoms with E-state index in [0.717, 1.165) is 35.1 Å². The summed E-state index contributed by atoms with van der Waals surface area (Å²) in [5.74, 6) is 0.821. The summed E-state index contributed by atoms with van der Waals surface area (Å²) in [7, 11) is 3.62. The van der Waals surface area contributed by atoms with Gasteiger partial charge in [0, 0.05) is 24.5 Å². The van der Waals surface area contributed by atoms with Crippen LogP contribution in [0.5, 0.6) is 5.75 Å². The van der Waals surface area contributed by atoms with Crippen LogP contribution in [0.4, 0.5) is 0 Å². The number of aryl methyl sites for hydroxylation is 2. The number of hydrogen-bond acceptors (Lipinski definition) is 5. The van der Waals surface area contributed by atoms with Gasteiger partial charge in [-0.2, -0.15) is 5.10 Å². The zero-order valence-electron chi connectivity index (χ0n) is 11.8. The Bertz CT molecular complexity index is 534. The Balaban J connectivity index is 2.26. The highest BCUT2D eigenvalue weighted by Crippen LogP contribution is 2.27. The minimum atomic E-state index is 0.165. The lowest BCUT2D eigenvalue weighted by molar-refractivity contribution is 0.394. The second-order valence-electron chi connectivity index (χ2n) is 4.42. The molecule has 0 saturated heterocycles. The van der Waals surface area contributed by atoms with Crippen LogP contribution in [0.3, 0.4) is 0 Å². The van der Waals surface area contributed by atoms with Crippen LogP contribution in [0.1, 0.15) is 29.4 Å². The monoisotopic (exact) mass is 280 g/mol. The molecule has 2 rings (SSSR count). The molecule has 0 aliphatic carbocycles. The van der Waals surface area contributed by atoms with Gasteiger partial charge in [0.05, 0.1) is 30.1 Å². The summed E-state index contributed by atoms with van der Waals surface area (Å²) in [6.45, 7) is 5.01. The quantitative estimate of drug-likeness (QED) is 0.880. The smallest absolute Gasteiger partial charge is 0.161 e. The van der Waals surface area contributed by atoms with Crippen molar-refractivity contribution < 1.29 is 4.74 Å². The molecule has 5 nitrogen and oxygen atoms in total. The summed E-state index contributed by atoms with van der Waals surface area (Å²) in [4.78, 5) is 4.54. The third-order valence-electron chi connectivity index (χ3n) is 3.00. The van der Waals surface area contributed by atoms with Crippen LogP contribution < -0.4 is 10.1 Å². The second kappa shape index (κ2) is 6.16. The molecule has 0 aromatic carbocycles. The lowest BCUT2D eigenvalue weighted by Gasteiger charge is -2.18. The highest BCUT2D eigenvalue weighted by atomic mass is 32.1. The Hall–Kier alpha value is -1.40. The van der Waals surface area contributed by atoms with Gasteiger partial charge >= 0.3 is 0 Å². The molecule has 0 aliphatic rings. The first-order valence-corrected chi connectivity index (χ1v) is 7.24. The Kier molecular flexibility index (Phi) is 4.55. The van der Waals surface area contributed by atoms with Crippen LogP contribution in [0.15, 0.2) is 11.6 Å². The standard InChI is InChI=1S/C13H20N4OS/c1-5-14-10(6-12-16-9(2)8-19-12)13-11(18-4)7-15-17(13)3/h7-8,10,14H,5-6H2,1-4H3. The first-order chi connectivity index (χ1) is 9.15. The van der Waals surface area contributed by atoms with Crippen molar-refractivity contribution in [1.29, 1.82) is 0 Å². The number of methoxy groups -OCH3 is 1. The number of thiazole rings is 1. The van der Waals surface area contributed by atoms with Crippen LogP contribution in [0.2, 0.25) is 0 Å². The van der Waals surface area contributed by atoms with E-state index in [1.54, 1.807) is 24.6 Å². The van der Waals surface area contributed by atoms with E-state index in [1.165, 1.54) is 0 Å². The molecule has 0 amide bonds. The van der Waals surface area contributed by atoms with Gasteiger partial charge < -0.3 is 10.1 Å². The predicted molar refractivity (Wildman–Crippen MR) is 76.7 cm³/mol. The van der Waals surface area contributed by atoms with Crippen molar-refractivity contribution >= 4 is 11.3 Å². The fourth-order valence-electron chi connectivity index (χ4n) is 2.16. The van der Waals surface area contributed by atoms with Crippen molar-refractivity contribution in [3.63, 3.8) is 0 Å². The highest BCUT2D eigenvalue weighted by molar-refractivity contribution is 7.09. The van der Waals surface area contributed by atoms with E-state index in [9.17, 15) is 0 Å². The fraction of sp³-hybridized carbons (Fsp3) is 0.538. The molecule has 0 bridgehead atoms. The maximum absolute atomic E-state index is 5.40. The van der Waals surface area contributed by atoms with Gasteiger partial charge in [0.25, 0.3) is 0 Å². The lowest BCUT2D eigenvalue weighted by atomic mass is 10.1. The van der Waals surface area contributed by atoms with Gasteiger partial charge in [-0.15, -0.1) is 11.3 Å². The van der Waals surface area contributed by atoms with Gasteiger partial charge in [0.15, 0.2) is 5.75 Å². The van der Waals surface area contributed by atoms with E-state index in [-0.39, 0.29) is 6.04 Å². The summed E-state index contributed by atoms with van der Waals surface area (Å²) < 4.78 is 7.26. The molecule has 1 unspecified atom stereocenters. The Morgan fingerprint density at radius 1 is 1.53 bits per heavy atom. The minimum absolute atomic E-state index is 0.165. The van der Waals surface area contributed by atoms with E-state index in [2.05, 4.69) is 27.7 Å². The third kappa shape index (κ3) is 3.13. The Morgan fingerprint density at radius 2 is 2.32 bits per heavy atom. The number of likely N-dealkylation sites (N-methyl/N-ethyl adjacent to an activating group) is 1. The number of aromatic nitrogens is 3. The number of ether oxygens (including phenoxy) is 1. The second-order valence-corrected chi connectivity index (χ2v) is 5.36. The molecule has 1 N–H and O–H groups in total. The summed E-state index contributed by atoms with van der Waals surface area (Å²) >= 11 is 1.70. The highest BCUT2D eigenvalue weighted by Gasteiger charge is 2.21. The average Bonchev–Trinajstić information content (AvgIpc) is 2.95. The molecule has 0 radical (unpaired) electrons. The van der Waals surface area contributed by atoms with Crippen molar-refractivity contribution in [3.05, 3.63) is 28.0 Å². The average molecular weight is 280 g/mol. The van der Waals surface area contributed by atoms with E-state index < -0.39 is 0 Å². The number of nitrogens with one attached hydrogen (secondary N) is 1. The molecular formula is C13H20N4OS. The van der Waals surface area contributed by atoms with Gasteiger partial charge in [0.1, 0.15) is 0 Å². The van der Waals surface area contributed by atoms with E-state index in [0.29, 0.717) is 0 Å². The SMILES string of the molecule is CCNC(Cc1nc(C)cs1)c1c(OC)cnn1C. The zero-order valence-corrected chi connectivity index (χ0v) is 12.6. The van der Waals surface area contributed by atoms with Crippen LogP contribution in [0, 0.1) is 6.92 Å². The molecule has 2 aromatic heterocycles. The van der Waals surface area contributed by atoms with Gasteiger partial charge in [-0.1, -0.05) is 6.92 Å². The first-order valence-electron chi connectivity index (χ1n) is 6.36. The molecule has 0 spiro atoms.